The normalized spacial score (nSPS) is 11.7. The molecule has 0 aromatic heterocycles. The van der Waals surface area contributed by atoms with Gasteiger partial charge in [-0.2, -0.15) is 11.8 Å². The smallest absolute Gasteiger partial charge is 0.303 e. The van der Waals surface area contributed by atoms with E-state index in [-0.39, 0.29) is 44.2 Å². The summed E-state index contributed by atoms with van der Waals surface area (Å²) in [6.45, 7) is 6.42. The van der Waals surface area contributed by atoms with Crippen LogP contribution in [0.5, 0.6) is 0 Å². The molecule has 8 nitrogen and oxygen atoms in total. The van der Waals surface area contributed by atoms with Gasteiger partial charge in [-0.05, 0) is 18.1 Å². The molecule has 0 radical (unpaired) electrons. The molecule has 0 spiro atoms. The number of hydrogen-bond donors (Lipinski definition) is 4. The van der Waals surface area contributed by atoms with Crippen molar-refractivity contribution in [1.29, 1.82) is 0 Å². The Morgan fingerprint density at radius 3 is 2.23 bits per heavy atom. The van der Waals surface area contributed by atoms with Crippen molar-refractivity contribution in [2.45, 2.75) is 52.5 Å². The van der Waals surface area contributed by atoms with Crippen LogP contribution in [0.25, 0.3) is 0 Å². The van der Waals surface area contributed by atoms with Crippen molar-refractivity contribution in [3.05, 3.63) is 0 Å². The molecular weight excluding hydrogens is 358 g/mol. The van der Waals surface area contributed by atoms with Crippen LogP contribution in [0.15, 0.2) is 0 Å². The number of carboxylic acid groups (broad SMARTS) is 1. The molecule has 0 unspecified atom stereocenters. The van der Waals surface area contributed by atoms with Crippen LogP contribution in [-0.2, 0) is 19.2 Å². The quantitative estimate of drug-likeness (QED) is 0.325. The summed E-state index contributed by atoms with van der Waals surface area (Å²) in [5.41, 5.74) is 0. The van der Waals surface area contributed by atoms with Crippen molar-refractivity contribution < 1.29 is 24.3 Å². The zero-order chi connectivity index (χ0) is 19.9. The number of carboxylic acids is 1. The Morgan fingerprint density at radius 2 is 1.65 bits per heavy atom. The fourth-order valence-electron chi connectivity index (χ4n) is 1.92. The number of nitrogens with one attached hydrogen (secondary N) is 3. The minimum absolute atomic E-state index is 0.0212. The van der Waals surface area contributed by atoms with E-state index in [9.17, 15) is 19.2 Å². The molecule has 0 rings (SSSR count). The maximum absolute atomic E-state index is 12.2. The van der Waals surface area contributed by atoms with Crippen LogP contribution < -0.4 is 16.0 Å². The van der Waals surface area contributed by atoms with Crippen LogP contribution in [0.3, 0.4) is 0 Å². The highest BCUT2D eigenvalue weighted by Gasteiger charge is 2.21. The minimum atomic E-state index is -1.03. The number of carbonyl (C=O) groups is 4. The maximum Gasteiger partial charge on any atom is 0.303 e. The Morgan fingerprint density at radius 1 is 1.00 bits per heavy atom. The summed E-state index contributed by atoms with van der Waals surface area (Å²) in [6, 6.07) is -0.893. The molecule has 0 aromatic carbocycles. The van der Waals surface area contributed by atoms with Crippen LogP contribution >= 0.6 is 11.8 Å². The lowest BCUT2D eigenvalue weighted by Gasteiger charge is -2.18. The van der Waals surface area contributed by atoms with Gasteiger partial charge >= 0.3 is 5.97 Å². The first-order valence-corrected chi connectivity index (χ1v) is 10.0. The third kappa shape index (κ3) is 13.5. The van der Waals surface area contributed by atoms with Crippen LogP contribution in [0.2, 0.25) is 0 Å². The van der Waals surface area contributed by atoms with Gasteiger partial charge in [0.1, 0.15) is 6.04 Å². The van der Waals surface area contributed by atoms with Crippen LogP contribution in [0.1, 0.15) is 46.5 Å². The van der Waals surface area contributed by atoms with Gasteiger partial charge in [0.15, 0.2) is 0 Å². The summed E-state index contributed by atoms with van der Waals surface area (Å²) in [5, 5.41) is 16.6. The molecular formula is C17H31N3O5S. The highest BCUT2D eigenvalue weighted by molar-refractivity contribution is 7.99. The molecule has 0 aromatic rings. The molecule has 9 heteroatoms. The Hall–Kier alpha value is -1.77. The van der Waals surface area contributed by atoms with Crippen molar-refractivity contribution in [2.24, 2.45) is 5.92 Å². The van der Waals surface area contributed by atoms with Crippen LogP contribution in [0, 0.1) is 5.92 Å². The van der Waals surface area contributed by atoms with Crippen molar-refractivity contribution >= 4 is 35.5 Å². The summed E-state index contributed by atoms with van der Waals surface area (Å²) < 4.78 is 0. The summed E-state index contributed by atoms with van der Waals surface area (Å²) >= 11 is 1.67. The van der Waals surface area contributed by atoms with Crippen molar-refractivity contribution in [1.82, 2.24) is 16.0 Å². The molecule has 0 aliphatic rings. The van der Waals surface area contributed by atoms with Gasteiger partial charge in [-0.15, -0.1) is 0 Å². The Bertz CT molecular complexity index is 471. The second-order valence-electron chi connectivity index (χ2n) is 6.27. The molecule has 26 heavy (non-hydrogen) atoms. The first kappa shape index (κ1) is 24.2. The molecule has 0 aliphatic carbocycles. The lowest BCUT2D eigenvalue weighted by molar-refractivity contribution is -0.138. The summed E-state index contributed by atoms with van der Waals surface area (Å²) in [7, 11) is 0. The molecule has 4 N–H and O–H groups in total. The van der Waals surface area contributed by atoms with E-state index in [0.717, 1.165) is 5.75 Å². The second-order valence-corrected chi connectivity index (χ2v) is 7.42. The van der Waals surface area contributed by atoms with Crippen molar-refractivity contribution in [3.8, 4) is 0 Å². The van der Waals surface area contributed by atoms with Gasteiger partial charge in [0.05, 0.1) is 0 Å². The first-order valence-electron chi connectivity index (χ1n) is 8.89. The summed E-state index contributed by atoms with van der Waals surface area (Å²) in [5.74, 6) is 0.297. The largest absolute Gasteiger partial charge is 0.481 e. The third-order valence-corrected chi connectivity index (χ3v) is 4.69. The number of thioether (sulfide) groups is 1. The summed E-state index contributed by atoms with van der Waals surface area (Å²) in [4.78, 5) is 46.1. The Labute approximate surface area is 159 Å². The van der Waals surface area contributed by atoms with E-state index >= 15 is 0 Å². The fraction of sp³-hybridized carbons (Fsp3) is 0.765. The SMILES string of the molecule is CCC(=O)NCCNC(=O)[C@H](CCC(=O)O)NC(=O)CCSCC(C)C. The number of hydrogen-bond acceptors (Lipinski definition) is 5. The first-order chi connectivity index (χ1) is 12.3. The average Bonchev–Trinajstić information content (AvgIpc) is 2.58. The molecule has 1 atom stereocenters. The zero-order valence-electron chi connectivity index (χ0n) is 15.8. The molecule has 0 aliphatic heterocycles. The molecule has 0 heterocycles. The predicted molar refractivity (Wildman–Crippen MR) is 102 cm³/mol. The van der Waals surface area contributed by atoms with E-state index in [1.165, 1.54) is 0 Å². The fourth-order valence-corrected chi connectivity index (χ4v) is 2.89. The van der Waals surface area contributed by atoms with E-state index in [0.29, 0.717) is 18.1 Å². The Balaban J connectivity index is 4.35. The lowest BCUT2D eigenvalue weighted by atomic mass is 10.1. The number of amides is 3. The van der Waals surface area contributed by atoms with Gasteiger partial charge in [0.2, 0.25) is 17.7 Å². The highest BCUT2D eigenvalue weighted by Crippen LogP contribution is 2.09. The van der Waals surface area contributed by atoms with Crippen LogP contribution in [0.4, 0.5) is 0 Å². The number of carbonyl (C=O) groups excluding carboxylic acids is 3. The van der Waals surface area contributed by atoms with E-state index in [1.54, 1.807) is 18.7 Å². The second kappa shape index (κ2) is 14.4. The molecule has 0 saturated heterocycles. The van der Waals surface area contributed by atoms with E-state index in [4.69, 9.17) is 5.11 Å². The van der Waals surface area contributed by atoms with Gasteiger partial charge in [-0.1, -0.05) is 20.8 Å². The minimum Gasteiger partial charge on any atom is -0.481 e. The van der Waals surface area contributed by atoms with E-state index in [1.807, 2.05) is 0 Å². The van der Waals surface area contributed by atoms with Crippen molar-refractivity contribution in [3.63, 3.8) is 0 Å². The summed E-state index contributed by atoms with van der Waals surface area (Å²) in [6.07, 6.45) is 0.446. The number of aliphatic carboxylic acids is 1. The highest BCUT2D eigenvalue weighted by atomic mass is 32.2. The molecule has 0 fully saturated rings. The van der Waals surface area contributed by atoms with Gasteiger partial charge in [-0.3, -0.25) is 19.2 Å². The Kier molecular flexibility index (Phi) is 13.4. The maximum atomic E-state index is 12.2. The topological polar surface area (TPSA) is 125 Å². The lowest BCUT2D eigenvalue weighted by Crippen LogP contribution is -2.48. The van der Waals surface area contributed by atoms with Crippen LogP contribution in [-0.4, -0.2) is 59.4 Å². The van der Waals surface area contributed by atoms with Gasteiger partial charge in [0.25, 0.3) is 0 Å². The van der Waals surface area contributed by atoms with Gasteiger partial charge in [-0.25, -0.2) is 0 Å². The van der Waals surface area contributed by atoms with Gasteiger partial charge in [0, 0.05) is 38.1 Å². The van der Waals surface area contributed by atoms with Crippen molar-refractivity contribution in [2.75, 3.05) is 24.6 Å². The monoisotopic (exact) mass is 389 g/mol. The third-order valence-electron chi connectivity index (χ3n) is 3.29. The standard InChI is InChI=1S/C17H31N3O5S/c1-4-14(21)18-8-9-19-17(25)13(5-6-16(23)24)20-15(22)7-10-26-11-12(2)3/h12-13H,4-11H2,1-3H3,(H,18,21)(H,19,25)(H,20,22)(H,23,24)/t13-/m0/s1. The number of rotatable bonds is 14. The van der Waals surface area contributed by atoms with Gasteiger partial charge < -0.3 is 21.1 Å². The zero-order valence-corrected chi connectivity index (χ0v) is 16.6. The average molecular weight is 390 g/mol. The predicted octanol–water partition coefficient (Wildman–Crippen LogP) is 0.758. The van der Waals surface area contributed by atoms with E-state index < -0.39 is 17.9 Å². The molecule has 0 bridgehead atoms. The molecule has 3 amide bonds. The molecule has 150 valence electrons. The van der Waals surface area contributed by atoms with E-state index in [2.05, 4.69) is 29.8 Å². The molecule has 0 saturated carbocycles.